The molecular weight excluding hydrogens is 308 g/mol. The first-order chi connectivity index (χ1) is 11.8. The Kier molecular flexibility index (Phi) is 4.61. The maximum Gasteiger partial charge on any atom is 0.289 e. The second kappa shape index (κ2) is 6.86. The minimum absolute atomic E-state index is 0.0191. The fraction of sp³-hybridized carbons (Fsp3) is 0.722. The quantitative estimate of drug-likeness (QED) is 0.823. The summed E-state index contributed by atoms with van der Waals surface area (Å²) in [4.78, 5) is 17.2. The number of rotatable bonds is 2. The fourth-order valence-electron chi connectivity index (χ4n) is 4.30. The molecule has 0 saturated carbocycles. The van der Waals surface area contributed by atoms with Gasteiger partial charge in [-0.1, -0.05) is 0 Å². The molecule has 3 aliphatic heterocycles. The maximum atomic E-state index is 12.7. The van der Waals surface area contributed by atoms with Crippen LogP contribution in [0.3, 0.4) is 0 Å². The highest BCUT2D eigenvalue weighted by molar-refractivity contribution is 5.91. The van der Waals surface area contributed by atoms with E-state index < -0.39 is 0 Å². The molecule has 3 aliphatic rings. The van der Waals surface area contributed by atoms with Gasteiger partial charge >= 0.3 is 0 Å². The summed E-state index contributed by atoms with van der Waals surface area (Å²) in [5, 5.41) is 0. The van der Waals surface area contributed by atoms with Crippen LogP contribution in [0.25, 0.3) is 0 Å². The van der Waals surface area contributed by atoms with E-state index in [2.05, 4.69) is 4.90 Å². The van der Waals surface area contributed by atoms with E-state index in [1.54, 1.807) is 18.4 Å². The second-order valence-corrected chi connectivity index (χ2v) is 7.32. The van der Waals surface area contributed by atoms with Crippen LogP contribution < -0.4 is 0 Å². The molecule has 0 bridgehead atoms. The lowest BCUT2D eigenvalue weighted by Crippen LogP contribution is -2.45. The molecule has 6 nitrogen and oxygen atoms in total. The standard InChI is InChI=1S/C18H26N2O4/c21-17(16-2-1-8-24-16)20-7-11-23-14-18(13-20)5-6-19(12-18)15-3-9-22-10-4-15/h1-2,8,15H,3-7,9-14H2/t18-/m0/s1. The Balaban J connectivity index is 1.45. The van der Waals surface area contributed by atoms with Gasteiger partial charge in [-0.25, -0.2) is 0 Å². The predicted molar refractivity (Wildman–Crippen MR) is 87.9 cm³/mol. The van der Waals surface area contributed by atoms with Gasteiger partial charge in [0, 0.05) is 44.3 Å². The molecule has 1 aromatic heterocycles. The average Bonchev–Trinajstić information content (AvgIpc) is 3.24. The number of nitrogens with zero attached hydrogens (tertiary/aromatic N) is 2. The van der Waals surface area contributed by atoms with Crippen molar-refractivity contribution in [1.29, 1.82) is 0 Å². The lowest BCUT2D eigenvalue weighted by Gasteiger charge is -2.35. The maximum absolute atomic E-state index is 12.7. The number of furan rings is 1. The first kappa shape index (κ1) is 16.1. The van der Waals surface area contributed by atoms with Gasteiger partial charge in [-0.15, -0.1) is 0 Å². The van der Waals surface area contributed by atoms with Crippen LogP contribution in [0.2, 0.25) is 0 Å². The Morgan fingerprint density at radius 2 is 2.00 bits per heavy atom. The van der Waals surface area contributed by atoms with Crippen LogP contribution in [0.5, 0.6) is 0 Å². The smallest absolute Gasteiger partial charge is 0.289 e. The molecule has 0 aliphatic carbocycles. The van der Waals surface area contributed by atoms with Crippen molar-refractivity contribution in [3.05, 3.63) is 24.2 Å². The molecule has 4 rings (SSSR count). The molecule has 1 aromatic rings. The second-order valence-electron chi connectivity index (χ2n) is 7.32. The molecule has 4 heterocycles. The summed E-state index contributed by atoms with van der Waals surface area (Å²) in [6.07, 6.45) is 4.88. The largest absolute Gasteiger partial charge is 0.459 e. The number of hydrogen-bond donors (Lipinski definition) is 0. The van der Waals surface area contributed by atoms with Gasteiger partial charge in [-0.3, -0.25) is 9.69 Å². The third kappa shape index (κ3) is 3.23. The average molecular weight is 334 g/mol. The summed E-state index contributed by atoms with van der Waals surface area (Å²) in [7, 11) is 0. The van der Waals surface area contributed by atoms with Crippen molar-refractivity contribution in [3.8, 4) is 0 Å². The number of hydrogen-bond acceptors (Lipinski definition) is 5. The fourth-order valence-corrected chi connectivity index (χ4v) is 4.30. The Morgan fingerprint density at radius 3 is 2.79 bits per heavy atom. The van der Waals surface area contributed by atoms with Crippen molar-refractivity contribution in [3.63, 3.8) is 0 Å². The minimum atomic E-state index is -0.0191. The van der Waals surface area contributed by atoms with Crippen molar-refractivity contribution in [1.82, 2.24) is 9.80 Å². The molecular formula is C18H26N2O4. The normalized spacial score (nSPS) is 29.9. The van der Waals surface area contributed by atoms with E-state index in [4.69, 9.17) is 13.9 Å². The topological polar surface area (TPSA) is 55.2 Å². The van der Waals surface area contributed by atoms with E-state index in [-0.39, 0.29) is 11.3 Å². The molecule has 0 N–H and O–H groups in total. The third-order valence-electron chi connectivity index (χ3n) is 5.63. The molecule has 1 amide bonds. The van der Waals surface area contributed by atoms with Gasteiger partial charge in [-0.05, 0) is 37.9 Å². The summed E-state index contributed by atoms with van der Waals surface area (Å²) < 4.78 is 16.7. The minimum Gasteiger partial charge on any atom is -0.459 e. The number of amides is 1. The van der Waals surface area contributed by atoms with Crippen LogP contribution >= 0.6 is 0 Å². The van der Waals surface area contributed by atoms with E-state index >= 15 is 0 Å². The van der Waals surface area contributed by atoms with E-state index in [0.29, 0.717) is 25.0 Å². The Bertz CT molecular complexity index is 555. The third-order valence-corrected chi connectivity index (χ3v) is 5.63. The Labute approximate surface area is 142 Å². The summed E-state index contributed by atoms with van der Waals surface area (Å²) in [5.41, 5.74) is 0.0526. The highest BCUT2D eigenvalue weighted by atomic mass is 16.5. The van der Waals surface area contributed by atoms with Gasteiger partial charge < -0.3 is 18.8 Å². The molecule has 6 heteroatoms. The number of carbonyl (C=O) groups excluding carboxylic acids is 1. The summed E-state index contributed by atoms with van der Waals surface area (Å²) in [5.74, 6) is 0.403. The molecule has 0 aromatic carbocycles. The zero-order valence-electron chi connectivity index (χ0n) is 14.1. The molecule has 132 valence electrons. The lowest BCUT2D eigenvalue weighted by molar-refractivity contribution is 0.0283. The van der Waals surface area contributed by atoms with E-state index in [0.717, 1.165) is 58.7 Å². The zero-order valence-corrected chi connectivity index (χ0v) is 14.1. The van der Waals surface area contributed by atoms with Crippen molar-refractivity contribution >= 4 is 5.91 Å². The van der Waals surface area contributed by atoms with Crippen LogP contribution in [0, 0.1) is 5.41 Å². The summed E-state index contributed by atoms with van der Waals surface area (Å²) in [6.45, 7) is 6.59. The SMILES string of the molecule is O=C(c1ccco1)N1CCOC[C@]2(CCN(C3CCOCC3)C2)C1. The van der Waals surface area contributed by atoms with Gasteiger partial charge in [0.25, 0.3) is 5.91 Å². The lowest BCUT2D eigenvalue weighted by atomic mass is 9.87. The molecule has 0 radical (unpaired) electrons. The monoisotopic (exact) mass is 334 g/mol. The van der Waals surface area contributed by atoms with Crippen molar-refractivity contribution in [2.75, 3.05) is 52.6 Å². The van der Waals surface area contributed by atoms with E-state index in [9.17, 15) is 4.79 Å². The molecule has 0 unspecified atom stereocenters. The van der Waals surface area contributed by atoms with Gasteiger partial charge in [0.2, 0.25) is 0 Å². The van der Waals surface area contributed by atoms with Gasteiger partial charge in [0.15, 0.2) is 5.76 Å². The van der Waals surface area contributed by atoms with Crippen LogP contribution in [0.4, 0.5) is 0 Å². The van der Waals surface area contributed by atoms with Crippen LogP contribution in [0.1, 0.15) is 29.8 Å². The van der Waals surface area contributed by atoms with Crippen molar-refractivity contribution in [2.24, 2.45) is 5.41 Å². The summed E-state index contributed by atoms with van der Waals surface area (Å²) >= 11 is 0. The van der Waals surface area contributed by atoms with E-state index in [1.165, 1.54) is 0 Å². The first-order valence-electron chi connectivity index (χ1n) is 8.98. The molecule has 3 saturated heterocycles. The highest BCUT2D eigenvalue weighted by Gasteiger charge is 2.44. The first-order valence-corrected chi connectivity index (χ1v) is 8.98. The molecule has 24 heavy (non-hydrogen) atoms. The number of ether oxygens (including phenoxy) is 2. The van der Waals surface area contributed by atoms with Gasteiger partial charge in [-0.2, -0.15) is 0 Å². The van der Waals surface area contributed by atoms with Gasteiger partial charge in [0.05, 0.1) is 19.5 Å². The Morgan fingerprint density at radius 1 is 1.12 bits per heavy atom. The van der Waals surface area contributed by atoms with Gasteiger partial charge in [0.1, 0.15) is 0 Å². The van der Waals surface area contributed by atoms with E-state index in [1.807, 2.05) is 4.90 Å². The highest BCUT2D eigenvalue weighted by Crippen LogP contribution is 2.36. The Hall–Kier alpha value is -1.37. The van der Waals surface area contributed by atoms with Crippen molar-refractivity contribution in [2.45, 2.75) is 25.3 Å². The summed E-state index contributed by atoms with van der Waals surface area (Å²) in [6, 6.07) is 4.12. The molecule has 3 fully saturated rings. The number of likely N-dealkylation sites (tertiary alicyclic amines) is 1. The van der Waals surface area contributed by atoms with Crippen LogP contribution in [0.15, 0.2) is 22.8 Å². The zero-order chi connectivity index (χ0) is 16.4. The van der Waals surface area contributed by atoms with Crippen LogP contribution in [-0.2, 0) is 9.47 Å². The van der Waals surface area contributed by atoms with Crippen LogP contribution in [-0.4, -0.2) is 74.4 Å². The molecule has 1 atom stereocenters. The molecule has 1 spiro atoms. The number of carbonyl (C=O) groups is 1. The van der Waals surface area contributed by atoms with Crippen molar-refractivity contribution < 1.29 is 18.7 Å². The predicted octanol–water partition coefficient (Wildman–Crippen LogP) is 1.62.